The van der Waals surface area contributed by atoms with Gasteiger partial charge in [0, 0.05) is 30.9 Å². The summed E-state index contributed by atoms with van der Waals surface area (Å²) in [6.45, 7) is 0. The van der Waals surface area contributed by atoms with Gasteiger partial charge in [0.15, 0.2) is 11.6 Å². The fourth-order valence-corrected chi connectivity index (χ4v) is 2.93. The van der Waals surface area contributed by atoms with Crippen molar-refractivity contribution in [3.63, 3.8) is 0 Å². The van der Waals surface area contributed by atoms with E-state index in [1.165, 1.54) is 0 Å². The van der Waals surface area contributed by atoms with Crippen LogP contribution in [0.15, 0.2) is 42.5 Å². The second kappa shape index (κ2) is 5.01. The minimum absolute atomic E-state index is 0.171. The topological polar surface area (TPSA) is 37.4 Å². The molecule has 0 amide bonds. The fourth-order valence-electron chi connectivity index (χ4n) is 2.67. The largest absolute Gasteiger partial charge is 0.378 e. The van der Waals surface area contributed by atoms with Crippen LogP contribution >= 0.6 is 11.6 Å². The lowest BCUT2D eigenvalue weighted by Gasteiger charge is -2.14. The first-order chi connectivity index (χ1) is 10.0. The number of hydrogen-bond donors (Lipinski definition) is 0. The van der Waals surface area contributed by atoms with Gasteiger partial charge < -0.3 is 4.90 Å². The van der Waals surface area contributed by atoms with Gasteiger partial charge in [0.05, 0.1) is 5.02 Å². The van der Waals surface area contributed by atoms with Crippen LogP contribution in [0.1, 0.15) is 32.2 Å². The van der Waals surface area contributed by atoms with Crippen LogP contribution in [-0.2, 0) is 0 Å². The van der Waals surface area contributed by atoms with E-state index in [1.807, 2.05) is 43.3 Å². The highest BCUT2D eigenvalue weighted by atomic mass is 35.5. The van der Waals surface area contributed by atoms with E-state index in [-0.39, 0.29) is 11.6 Å². The van der Waals surface area contributed by atoms with Gasteiger partial charge in [-0.05, 0) is 23.8 Å². The quantitative estimate of drug-likeness (QED) is 0.796. The number of fused-ring (bicyclic) bond motifs is 1. The average molecular weight is 300 g/mol. The standard InChI is InChI=1S/C17H14ClNO2/c1-19(2)11-8-6-10(7-9-11)14-16(20)12-4-3-5-13(18)15(12)17(14)21/h3-9,14H,1-2H3. The fraction of sp³-hybridized carbons (Fsp3) is 0.176. The number of halogens is 1. The monoisotopic (exact) mass is 299 g/mol. The van der Waals surface area contributed by atoms with Crippen LogP contribution in [0.5, 0.6) is 0 Å². The molecule has 0 radical (unpaired) electrons. The smallest absolute Gasteiger partial charge is 0.180 e. The van der Waals surface area contributed by atoms with Gasteiger partial charge in [-0.2, -0.15) is 0 Å². The first-order valence-electron chi connectivity index (χ1n) is 6.65. The third-order valence-electron chi connectivity index (χ3n) is 3.79. The lowest BCUT2D eigenvalue weighted by Crippen LogP contribution is -2.13. The molecule has 0 aliphatic heterocycles. The van der Waals surface area contributed by atoms with Crippen LogP contribution in [0.3, 0.4) is 0 Å². The van der Waals surface area contributed by atoms with E-state index in [0.29, 0.717) is 21.7 Å². The maximum atomic E-state index is 12.5. The van der Waals surface area contributed by atoms with Crippen LogP contribution in [0, 0.1) is 0 Å². The molecule has 0 heterocycles. The number of anilines is 1. The molecular formula is C17H14ClNO2. The van der Waals surface area contributed by atoms with Gasteiger partial charge >= 0.3 is 0 Å². The number of Topliss-reactive ketones (excluding diaryl/α,β-unsaturated/α-hetero) is 2. The summed E-state index contributed by atoms with van der Waals surface area (Å²) in [7, 11) is 3.88. The summed E-state index contributed by atoms with van der Waals surface area (Å²) < 4.78 is 0. The Labute approximate surface area is 128 Å². The van der Waals surface area contributed by atoms with Crippen molar-refractivity contribution in [3.05, 3.63) is 64.2 Å². The summed E-state index contributed by atoms with van der Waals surface area (Å²) in [6, 6.07) is 12.5. The Morgan fingerprint density at radius 1 is 0.952 bits per heavy atom. The molecule has 2 aromatic rings. The Morgan fingerprint density at radius 3 is 2.19 bits per heavy atom. The molecule has 1 unspecified atom stereocenters. The Kier molecular flexibility index (Phi) is 3.30. The molecule has 2 aromatic carbocycles. The second-order valence-corrected chi connectivity index (χ2v) is 5.72. The lowest BCUT2D eigenvalue weighted by atomic mass is 9.94. The number of ketones is 2. The number of nitrogens with zero attached hydrogens (tertiary/aromatic N) is 1. The highest BCUT2D eigenvalue weighted by Crippen LogP contribution is 2.37. The molecule has 0 saturated heterocycles. The van der Waals surface area contributed by atoms with E-state index in [0.717, 1.165) is 5.69 Å². The van der Waals surface area contributed by atoms with Gasteiger partial charge in [-0.3, -0.25) is 9.59 Å². The molecule has 1 aliphatic rings. The van der Waals surface area contributed by atoms with Crippen molar-refractivity contribution in [2.24, 2.45) is 0 Å². The summed E-state index contributed by atoms with van der Waals surface area (Å²) in [6.07, 6.45) is 0. The average Bonchev–Trinajstić information content (AvgIpc) is 2.72. The van der Waals surface area contributed by atoms with Gasteiger partial charge in [0.25, 0.3) is 0 Å². The predicted molar refractivity (Wildman–Crippen MR) is 83.6 cm³/mol. The minimum atomic E-state index is -0.767. The third-order valence-corrected chi connectivity index (χ3v) is 4.11. The summed E-state index contributed by atoms with van der Waals surface area (Å²) >= 11 is 6.07. The van der Waals surface area contributed by atoms with Gasteiger partial charge in [0.2, 0.25) is 0 Å². The molecule has 0 N–H and O–H groups in total. The summed E-state index contributed by atoms with van der Waals surface area (Å²) in [4.78, 5) is 27.0. The number of carbonyl (C=O) groups excluding carboxylic acids is 2. The highest BCUT2D eigenvalue weighted by molar-refractivity contribution is 6.39. The van der Waals surface area contributed by atoms with Crippen molar-refractivity contribution in [1.82, 2.24) is 0 Å². The summed E-state index contributed by atoms with van der Waals surface area (Å²) in [5.41, 5.74) is 2.51. The number of carbonyl (C=O) groups is 2. The van der Waals surface area contributed by atoms with Crippen molar-refractivity contribution < 1.29 is 9.59 Å². The summed E-state index contributed by atoms with van der Waals surface area (Å²) in [5.74, 6) is -1.15. The molecule has 0 spiro atoms. The molecule has 0 fully saturated rings. The number of hydrogen-bond acceptors (Lipinski definition) is 3. The zero-order chi connectivity index (χ0) is 15.1. The van der Waals surface area contributed by atoms with E-state index >= 15 is 0 Å². The van der Waals surface area contributed by atoms with Gasteiger partial charge in [0.1, 0.15) is 5.92 Å². The minimum Gasteiger partial charge on any atom is -0.378 e. The zero-order valence-electron chi connectivity index (χ0n) is 11.8. The molecule has 106 valence electrons. The van der Waals surface area contributed by atoms with E-state index in [9.17, 15) is 9.59 Å². The number of rotatable bonds is 2. The van der Waals surface area contributed by atoms with Crippen molar-refractivity contribution in [3.8, 4) is 0 Å². The second-order valence-electron chi connectivity index (χ2n) is 5.31. The van der Waals surface area contributed by atoms with Crippen LogP contribution in [0.4, 0.5) is 5.69 Å². The molecule has 3 rings (SSSR count). The first-order valence-corrected chi connectivity index (χ1v) is 7.02. The SMILES string of the molecule is CN(C)c1ccc(C2C(=O)c3cccc(Cl)c3C2=O)cc1. The maximum absolute atomic E-state index is 12.5. The van der Waals surface area contributed by atoms with E-state index in [2.05, 4.69) is 0 Å². The molecule has 0 bridgehead atoms. The van der Waals surface area contributed by atoms with Crippen molar-refractivity contribution in [1.29, 1.82) is 0 Å². The van der Waals surface area contributed by atoms with Crippen LogP contribution in [0.25, 0.3) is 0 Å². The Hall–Kier alpha value is -2.13. The first kappa shape index (κ1) is 13.8. The summed E-state index contributed by atoms with van der Waals surface area (Å²) in [5, 5.41) is 0.346. The predicted octanol–water partition coefficient (Wildman–Crippen LogP) is 3.57. The van der Waals surface area contributed by atoms with Crippen molar-refractivity contribution >= 4 is 28.9 Å². The van der Waals surface area contributed by atoms with E-state index in [4.69, 9.17) is 11.6 Å². The molecule has 0 saturated carbocycles. The normalized spacial score (nSPS) is 17.0. The molecule has 3 nitrogen and oxygen atoms in total. The van der Waals surface area contributed by atoms with Crippen LogP contribution < -0.4 is 4.90 Å². The Bertz CT molecular complexity index is 735. The maximum Gasteiger partial charge on any atom is 0.180 e. The number of benzene rings is 2. The van der Waals surface area contributed by atoms with Gasteiger partial charge in [-0.25, -0.2) is 0 Å². The van der Waals surface area contributed by atoms with E-state index < -0.39 is 5.92 Å². The van der Waals surface area contributed by atoms with Gasteiger partial charge in [-0.15, -0.1) is 0 Å². The van der Waals surface area contributed by atoms with Crippen LogP contribution in [-0.4, -0.2) is 25.7 Å². The van der Waals surface area contributed by atoms with E-state index in [1.54, 1.807) is 18.2 Å². The van der Waals surface area contributed by atoms with Crippen molar-refractivity contribution in [2.75, 3.05) is 19.0 Å². The highest BCUT2D eigenvalue weighted by Gasteiger charge is 2.40. The van der Waals surface area contributed by atoms with Gasteiger partial charge in [-0.1, -0.05) is 35.9 Å². The third kappa shape index (κ3) is 2.14. The molecular weight excluding hydrogens is 286 g/mol. The van der Waals surface area contributed by atoms with Crippen LogP contribution in [0.2, 0.25) is 5.02 Å². The molecule has 1 atom stereocenters. The molecule has 4 heteroatoms. The molecule has 0 aromatic heterocycles. The molecule has 21 heavy (non-hydrogen) atoms. The zero-order valence-corrected chi connectivity index (χ0v) is 12.5. The van der Waals surface area contributed by atoms with Crippen molar-refractivity contribution in [2.45, 2.75) is 5.92 Å². The Morgan fingerprint density at radius 2 is 1.62 bits per heavy atom. The molecule has 1 aliphatic carbocycles. The lowest BCUT2D eigenvalue weighted by molar-refractivity contribution is 0.0890. The Balaban J connectivity index is 2.04.